The van der Waals surface area contributed by atoms with Gasteiger partial charge < -0.3 is 9.84 Å². The van der Waals surface area contributed by atoms with Gasteiger partial charge in [0.05, 0.1) is 17.3 Å². The lowest BCUT2D eigenvalue weighted by Crippen LogP contribution is -2.03. The van der Waals surface area contributed by atoms with E-state index < -0.39 is 5.97 Å². The third kappa shape index (κ3) is 3.26. The molecular formula is C17H15N3O3S. The highest BCUT2D eigenvalue weighted by Crippen LogP contribution is 2.27. The second-order valence-corrected chi connectivity index (χ2v) is 6.03. The molecule has 2 aromatic heterocycles. The summed E-state index contributed by atoms with van der Waals surface area (Å²) < 4.78 is 5.36. The minimum atomic E-state index is -1.04. The van der Waals surface area contributed by atoms with Crippen molar-refractivity contribution in [1.29, 1.82) is 0 Å². The summed E-state index contributed by atoms with van der Waals surface area (Å²) in [4.78, 5) is 24.6. The third-order valence-electron chi connectivity index (χ3n) is 3.31. The number of ether oxygens (including phenoxy) is 1. The molecular weight excluding hydrogens is 326 g/mol. The van der Waals surface area contributed by atoms with Crippen molar-refractivity contribution in [3.63, 3.8) is 0 Å². The Hall–Kier alpha value is -2.80. The lowest BCUT2D eigenvalue weighted by molar-refractivity contribution is 0.0692. The molecule has 0 saturated carbocycles. The molecule has 0 spiro atoms. The Labute approximate surface area is 142 Å². The van der Waals surface area contributed by atoms with Crippen molar-refractivity contribution in [1.82, 2.24) is 15.0 Å². The SMILES string of the molecule is CCOc1ccc(-c2ccnc(-c3csc(C)n3)n2)cc1C(=O)O. The molecule has 1 aromatic carbocycles. The van der Waals surface area contributed by atoms with Gasteiger partial charge in [-0.1, -0.05) is 0 Å². The molecule has 0 fully saturated rings. The van der Waals surface area contributed by atoms with E-state index in [0.29, 0.717) is 35.1 Å². The van der Waals surface area contributed by atoms with Gasteiger partial charge in [-0.3, -0.25) is 0 Å². The molecule has 6 nitrogen and oxygen atoms in total. The number of benzene rings is 1. The Morgan fingerprint density at radius 3 is 2.75 bits per heavy atom. The minimum Gasteiger partial charge on any atom is -0.493 e. The Kier molecular flexibility index (Phi) is 4.52. The van der Waals surface area contributed by atoms with Crippen molar-refractivity contribution in [3.05, 3.63) is 46.4 Å². The Balaban J connectivity index is 2.03. The van der Waals surface area contributed by atoms with Gasteiger partial charge in [-0.25, -0.2) is 19.7 Å². The van der Waals surface area contributed by atoms with Crippen LogP contribution in [-0.4, -0.2) is 32.6 Å². The van der Waals surface area contributed by atoms with E-state index in [1.54, 1.807) is 30.5 Å². The number of thiazole rings is 1. The summed E-state index contributed by atoms with van der Waals surface area (Å²) in [5.41, 5.74) is 2.14. The molecule has 3 rings (SSSR count). The molecule has 2 heterocycles. The number of carboxylic acids is 1. The summed E-state index contributed by atoms with van der Waals surface area (Å²) in [5.74, 6) is -0.175. The van der Waals surface area contributed by atoms with E-state index in [9.17, 15) is 9.90 Å². The fraction of sp³-hybridized carbons (Fsp3) is 0.176. The van der Waals surface area contributed by atoms with Gasteiger partial charge in [0.15, 0.2) is 5.82 Å². The van der Waals surface area contributed by atoms with Crippen molar-refractivity contribution in [3.8, 4) is 28.5 Å². The summed E-state index contributed by atoms with van der Waals surface area (Å²) in [7, 11) is 0. The molecule has 0 amide bonds. The molecule has 0 bridgehead atoms. The molecule has 0 radical (unpaired) electrons. The highest BCUT2D eigenvalue weighted by molar-refractivity contribution is 7.09. The minimum absolute atomic E-state index is 0.110. The van der Waals surface area contributed by atoms with Gasteiger partial charge in [0, 0.05) is 17.1 Å². The van der Waals surface area contributed by atoms with Crippen LogP contribution in [0, 0.1) is 6.92 Å². The van der Waals surface area contributed by atoms with Crippen LogP contribution in [0.15, 0.2) is 35.8 Å². The summed E-state index contributed by atoms with van der Waals surface area (Å²) in [5, 5.41) is 12.2. The maximum Gasteiger partial charge on any atom is 0.339 e. The van der Waals surface area contributed by atoms with Crippen LogP contribution < -0.4 is 4.74 Å². The Bertz CT molecular complexity index is 892. The van der Waals surface area contributed by atoms with Crippen LogP contribution >= 0.6 is 11.3 Å². The molecule has 24 heavy (non-hydrogen) atoms. The predicted octanol–water partition coefficient (Wildman–Crippen LogP) is 3.67. The molecule has 1 N–H and O–H groups in total. The predicted molar refractivity (Wildman–Crippen MR) is 91.4 cm³/mol. The van der Waals surface area contributed by atoms with Crippen molar-refractivity contribution in [2.45, 2.75) is 13.8 Å². The van der Waals surface area contributed by atoms with E-state index in [2.05, 4.69) is 15.0 Å². The number of aromatic nitrogens is 3. The normalized spacial score (nSPS) is 10.6. The number of carboxylic acid groups (broad SMARTS) is 1. The zero-order chi connectivity index (χ0) is 17.1. The van der Waals surface area contributed by atoms with Crippen LogP contribution in [0.5, 0.6) is 5.75 Å². The first-order chi connectivity index (χ1) is 11.6. The Morgan fingerprint density at radius 2 is 2.08 bits per heavy atom. The number of nitrogens with zero attached hydrogens (tertiary/aromatic N) is 3. The average Bonchev–Trinajstić information content (AvgIpc) is 3.02. The molecule has 0 aliphatic carbocycles. The number of rotatable bonds is 5. The fourth-order valence-corrected chi connectivity index (χ4v) is 2.84. The first-order valence-corrected chi connectivity index (χ1v) is 8.22. The molecule has 7 heteroatoms. The van der Waals surface area contributed by atoms with Gasteiger partial charge in [0.2, 0.25) is 0 Å². The van der Waals surface area contributed by atoms with E-state index in [-0.39, 0.29) is 5.56 Å². The third-order valence-corrected chi connectivity index (χ3v) is 4.08. The quantitative estimate of drug-likeness (QED) is 0.762. The highest BCUT2D eigenvalue weighted by Gasteiger charge is 2.14. The van der Waals surface area contributed by atoms with Gasteiger partial charge in [-0.2, -0.15) is 0 Å². The largest absolute Gasteiger partial charge is 0.493 e. The van der Waals surface area contributed by atoms with E-state index in [1.807, 2.05) is 19.2 Å². The van der Waals surface area contributed by atoms with Crippen LogP contribution in [0.2, 0.25) is 0 Å². The van der Waals surface area contributed by atoms with Crippen LogP contribution in [0.1, 0.15) is 22.3 Å². The first kappa shape index (κ1) is 16.1. The van der Waals surface area contributed by atoms with E-state index in [4.69, 9.17) is 4.74 Å². The zero-order valence-corrected chi connectivity index (χ0v) is 14.0. The van der Waals surface area contributed by atoms with Gasteiger partial charge in [-0.05, 0) is 38.1 Å². The molecule has 0 aliphatic heterocycles. The van der Waals surface area contributed by atoms with Crippen molar-refractivity contribution in [2.24, 2.45) is 0 Å². The molecule has 0 unspecified atom stereocenters. The Morgan fingerprint density at radius 1 is 1.25 bits per heavy atom. The topological polar surface area (TPSA) is 85.2 Å². The molecule has 0 aliphatic rings. The smallest absolute Gasteiger partial charge is 0.339 e. The van der Waals surface area contributed by atoms with Crippen LogP contribution in [0.4, 0.5) is 0 Å². The van der Waals surface area contributed by atoms with Gasteiger partial charge in [-0.15, -0.1) is 11.3 Å². The van der Waals surface area contributed by atoms with Gasteiger partial charge in [0.1, 0.15) is 17.0 Å². The molecule has 0 atom stereocenters. The zero-order valence-electron chi connectivity index (χ0n) is 13.2. The van der Waals surface area contributed by atoms with E-state index in [1.165, 1.54) is 11.3 Å². The van der Waals surface area contributed by atoms with Gasteiger partial charge in [0.25, 0.3) is 0 Å². The fourth-order valence-electron chi connectivity index (χ4n) is 2.25. The second-order valence-electron chi connectivity index (χ2n) is 4.97. The number of aromatic carboxylic acids is 1. The van der Waals surface area contributed by atoms with E-state index >= 15 is 0 Å². The lowest BCUT2D eigenvalue weighted by atomic mass is 10.1. The number of hydrogen-bond donors (Lipinski definition) is 1. The molecule has 122 valence electrons. The lowest BCUT2D eigenvalue weighted by Gasteiger charge is -2.09. The van der Waals surface area contributed by atoms with Crippen LogP contribution in [0.3, 0.4) is 0 Å². The van der Waals surface area contributed by atoms with Crippen molar-refractivity contribution in [2.75, 3.05) is 6.61 Å². The number of carbonyl (C=O) groups is 1. The van der Waals surface area contributed by atoms with Crippen LogP contribution in [0.25, 0.3) is 22.8 Å². The number of hydrogen-bond acceptors (Lipinski definition) is 6. The van der Waals surface area contributed by atoms with Crippen LogP contribution in [-0.2, 0) is 0 Å². The summed E-state index contributed by atoms with van der Waals surface area (Å²) in [6.07, 6.45) is 1.64. The number of aryl methyl sites for hydroxylation is 1. The van der Waals surface area contributed by atoms with E-state index in [0.717, 1.165) is 5.01 Å². The standard InChI is InChI=1S/C17H15N3O3S/c1-3-23-15-5-4-11(8-12(15)17(21)22)13-6-7-18-16(20-13)14-9-24-10(2)19-14/h4-9H,3H2,1-2H3,(H,21,22). The maximum atomic E-state index is 11.4. The van der Waals surface area contributed by atoms with Crippen molar-refractivity contribution < 1.29 is 14.6 Å². The molecule has 0 saturated heterocycles. The van der Waals surface area contributed by atoms with Crippen molar-refractivity contribution >= 4 is 17.3 Å². The second kappa shape index (κ2) is 6.76. The first-order valence-electron chi connectivity index (χ1n) is 7.34. The van der Waals surface area contributed by atoms with Gasteiger partial charge >= 0.3 is 5.97 Å². The average molecular weight is 341 g/mol. The summed E-state index contributed by atoms with van der Waals surface area (Å²) in [6.45, 7) is 4.14. The summed E-state index contributed by atoms with van der Waals surface area (Å²) >= 11 is 1.53. The summed E-state index contributed by atoms with van der Waals surface area (Å²) in [6, 6.07) is 6.74. The molecule has 3 aromatic rings. The highest BCUT2D eigenvalue weighted by atomic mass is 32.1. The monoisotopic (exact) mass is 341 g/mol. The maximum absolute atomic E-state index is 11.4.